The van der Waals surface area contributed by atoms with Crippen LogP contribution in [0.1, 0.15) is 35.3 Å². The number of pyridine rings is 1. The predicted molar refractivity (Wildman–Crippen MR) is 123 cm³/mol. The van der Waals surface area contributed by atoms with E-state index in [0.717, 1.165) is 41.4 Å². The number of fused-ring (bicyclic) bond motifs is 1. The highest BCUT2D eigenvalue weighted by atomic mass is 32.2. The molecule has 0 unspecified atom stereocenters. The summed E-state index contributed by atoms with van der Waals surface area (Å²) in [4.78, 5) is 31.8. The molecule has 0 bridgehead atoms. The molecule has 0 atom stereocenters. The first kappa shape index (κ1) is 21.4. The molecule has 3 aromatic rings. The van der Waals surface area contributed by atoms with Gasteiger partial charge in [-0.1, -0.05) is 6.07 Å². The minimum atomic E-state index is -0.0122. The molecule has 2 aromatic heterocycles. The number of piperidine rings is 1. The van der Waals surface area contributed by atoms with Gasteiger partial charge in [-0.3, -0.25) is 9.59 Å². The van der Waals surface area contributed by atoms with Crippen molar-refractivity contribution < 1.29 is 14.3 Å². The Kier molecular flexibility index (Phi) is 6.92. The quantitative estimate of drug-likeness (QED) is 0.392. The average molecular weight is 438 g/mol. The van der Waals surface area contributed by atoms with Crippen molar-refractivity contribution in [3.05, 3.63) is 66.1 Å². The van der Waals surface area contributed by atoms with Crippen LogP contribution >= 0.6 is 11.8 Å². The molecule has 0 saturated carbocycles. The van der Waals surface area contributed by atoms with Crippen molar-refractivity contribution in [2.45, 2.75) is 25.0 Å². The van der Waals surface area contributed by atoms with Crippen molar-refractivity contribution in [3.63, 3.8) is 0 Å². The molecule has 4 rings (SSSR count). The molecule has 0 N–H and O–H groups in total. The Morgan fingerprint density at radius 2 is 1.90 bits per heavy atom. The van der Waals surface area contributed by atoms with Gasteiger partial charge < -0.3 is 14.0 Å². The number of hydrogen-bond acceptors (Lipinski definition) is 5. The smallest absolute Gasteiger partial charge is 0.223 e. The Balaban J connectivity index is 1.18. The van der Waals surface area contributed by atoms with E-state index in [9.17, 15) is 9.59 Å². The van der Waals surface area contributed by atoms with Crippen LogP contribution in [-0.4, -0.2) is 51.9 Å². The van der Waals surface area contributed by atoms with Gasteiger partial charge in [0, 0.05) is 54.9 Å². The fraction of sp³-hybridized carbons (Fsp3) is 0.375. The third-order valence-corrected chi connectivity index (χ3v) is 6.71. The van der Waals surface area contributed by atoms with Crippen LogP contribution in [0.15, 0.2) is 54.9 Å². The number of ketones is 1. The number of likely N-dealkylation sites (tertiary alicyclic amines) is 1. The Labute approximate surface area is 186 Å². The Bertz CT molecular complexity index is 1010. The number of methoxy groups -OCH3 is 1. The minimum absolute atomic E-state index is 0.0122. The number of carbonyl (C=O) groups excluding carboxylic acids is 2. The van der Waals surface area contributed by atoms with E-state index in [2.05, 4.69) is 4.98 Å². The SMILES string of the molecule is COc1ccc(C(=O)C2CCN(C(=O)CCSCc3cn4ccccc4n3)CC2)cc1. The number of imidazole rings is 1. The van der Waals surface area contributed by atoms with Crippen LogP contribution in [0.3, 0.4) is 0 Å². The standard InChI is InChI=1S/C24H27N3O3S/c1-30-21-7-5-18(6-8-21)24(29)19-9-13-26(14-10-19)23(28)11-15-31-17-20-16-27-12-3-2-4-22(27)25-20/h2-8,12,16,19H,9-11,13-15,17H2,1H3. The molecule has 162 valence electrons. The van der Waals surface area contributed by atoms with Gasteiger partial charge >= 0.3 is 0 Å². The molecule has 6 nitrogen and oxygen atoms in total. The zero-order valence-electron chi connectivity index (χ0n) is 17.7. The summed E-state index contributed by atoms with van der Waals surface area (Å²) in [6, 6.07) is 13.2. The highest BCUT2D eigenvalue weighted by Crippen LogP contribution is 2.24. The summed E-state index contributed by atoms with van der Waals surface area (Å²) in [6.07, 6.45) is 6.00. The largest absolute Gasteiger partial charge is 0.497 e. The molecule has 1 aliphatic heterocycles. The Morgan fingerprint density at radius 1 is 1.13 bits per heavy atom. The molecular weight excluding hydrogens is 410 g/mol. The van der Waals surface area contributed by atoms with E-state index in [1.54, 1.807) is 18.9 Å². The lowest BCUT2D eigenvalue weighted by atomic mass is 9.89. The van der Waals surface area contributed by atoms with Crippen LogP contribution in [0, 0.1) is 5.92 Å². The van der Waals surface area contributed by atoms with E-state index in [4.69, 9.17) is 4.74 Å². The Hall–Kier alpha value is -2.80. The lowest BCUT2D eigenvalue weighted by molar-refractivity contribution is -0.131. The van der Waals surface area contributed by atoms with E-state index < -0.39 is 0 Å². The molecule has 7 heteroatoms. The van der Waals surface area contributed by atoms with Gasteiger partial charge in [0.05, 0.1) is 12.8 Å². The maximum Gasteiger partial charge on any atom is 0.223 e. The molecule has 0 spiro atoms. The van der Waals surface area contributed by atoms with Crippen molar-refractivity contribution in [2.24, 2.45) is 5.92 Å². The number of Topliss-reactive ketones (excluding diaryl/α,β-unsaturated/α-hetero) is 1. The van der Waals surface area contributed by atoms with E-state index in [-0.39, 0.29) is 17.6 Å². The number of benzene rings is 1. The first-order valence-corrected chi connectivity index (χ1v) is 11.8. The molecule has 0 radical (unpaired) electrons. The fourth-order valence-corrected chi connectivity index (χ4v) is 4.74. The molecule has 1 amide bonds. The minimum Gasteiger partial charge on any atom is -0.497 e. The first-order valence-electron chi connectivity index (χ1n) is 10.6. The Morgan fingerprint density at radius 3 is 2.61 bits per heavy atom. The number of ether oxygens (including phenoxy) is 1. The third kappa shape index (κ3) is 5.28. The predicted octanol–water partition coefficient (Wildman–Crippen LogP) is 4.09. The van der Waals surface area contributed by atoms with Gasteiger partial charge in [0.15, 0.2) is 5.78 Å². The summed E-state index contributed by atoms with van der Waals surface area (Å²) in [5, 5.41) is 0. The van der Waals surface area contributed by atoms with E-state index in [1.807, 2.05) is 64.2 Å². The number of carbonyl (C=O) groups is 2. The number of rotatable bonds is 8. The topological polar surface area (TPSA) is 63.9 Å². The molecule has 1 aliphatic rings. The molecular formula is C24H27N3O3S. The van der Waals surface area contributed by atoms with Crippen LogP contribution in [0.2, 0.25) is 0 Å². The number of nitrogens with zero attached hydrogens (tertiary/aromatic N) is 3. The lowest BCUT2D eigenvalue weighted by Gasteiger charge is -2.31. The zero-order valence-corrected chi connectivity index (χ0v) is 18.5. The van der Waals surface area contributed by atoms with Gasteiger partial charge in [0.1, 0.15) is 11.4 Å². The van der Waals surface area contributed by atoms with Gasteiger partial charge in [-0.15, -0.1) is 0 Å². The first-order chi connectivity index (χ1) is 15.1. The number of hydrogen-bond donors (Lipinski definition) is 0. The second-order valence-corrected chi connectivity index (χ2v) is 8.85. The van der Waals surface area contributed by atoms with Crippen molar-refractivity contribution in [1.29, 1.82) is 0 Å². The lowest BCUT2D eigenvalue weighted by Crippen LogP contribution is -2.40. The summed E-state index contributed by atoms with van der Waals surface area (Å²) >= 11 is 1.73. The highest BCUT2D eigenvalue weighted by Gasteiger charge is 2.27. The van der Waals surface area contributed by atoms with Gasteiger partial charge in [0.25, 0.3) is 0 Å². The molecule has 1 saturated heterocycles. The van der Waals surface area contributed by atoms with Crippen molar-refractivity contribution in [2.75, 3.05) is 26.0 Å². The second kappa shape index (κ2) is 10.0. The summed E-state index contributed by atoms with van der Waals surface area (Å²) in [5.41, 5.74) is 2.69. The van der Waals surface area contributed by atoms with Crippen LogP contribution in [-0.2, 0) is 10.5 Å². The van der Waals surface area contributed by atoms with E-state index in [1.165, 1.54) is 0 Å². The van der Waals surface area contributed by atoms with Crippen molar-refractivity contribution in [1.82, 2.24) is 14.3 Å². The van der Waals surface area contributed by atoms with Crippen molar-refractivity contribution >= 4 is 29.1 Å². The van der Waals surface area contributed by atoms with Gasteiger partial charge in [0.2, 0.25) is 5.91 Å². The van der Waals surface area contributed by atoms with E-state index in [0.29, 0.717) is 25.1 Å². The van der Waals surface area contributed by atoms with Crippen LogP contribution in [0.25, 0.3) is 5.65 Å². The summed E-state index contributed by atoms with van der Waals surface area (Å²) < 4.78 is 7.16. The van der Waals surface area contributed by atoms with Gasteiger partial charge in [-0.05, 0) is 49.2 Å². The van der Waals surface area contributed by atoms with Crippen LogP contribution in [0.4, 0.5) is 0 Å². The number of thioether (sulfide) groups is 1. The molecule has 1 fully saturated rings. The maximum absolute atomic E-state index is 12.7. The average Bonchev–Trinajstić information content (AvgIpc) is 3.24. The van der Waals surface area contributed by atoms with Crippen LogP contribution in [0.5, 0.6) is 5.75 Å². The zero-order chi connectivity index (χ0) is 21.6. The summed E-state index contributed by atoms with van der Waals surface area (Å²) in [5.74, 6) is 2.65. The van der Waals surface area contributed by atoms with E-state index >= 15 is 0 Å². The third-order valence-electron chi connectivity index (χ3n) is 5.72. The number of aromatic nitrogens is 2. The maximum atomic E-state index is 12.7. The second-order valence-electron chi connectivity index (χ2n) is 7.75. The number of amides is 1. The molecule has 1 aromatic carbocycles. The monoisotopic (exact) mass is 437 g/mol. The highest BCUT2D eigenvalue weighted by molar-refractivity contribution is 7.98. The van der Waals surface area contributed by atoms with Crippen molar-refractivity contribution in [3.8, 4) is 5.75 Å². The molecule has 3 heterocycles. The fourth-order valence-electron chi connectivity index (χ4n) is 3.93. The summed E-state index contributed by atoms with van der Waals surface area (Å²) in [6.45, 7) is 1.31. The molecule has 0 aliphatic carbocycles. The normalized spacial score (nSPS) is 14.7. The molecule has 31 heavy (non-hydrogen) atoms. The summed E-state index contributed by atoms with van der Waals surface area (Å²) in [7, 11) is 1.61. The van der Waals surface area contributed by atoms with Gasteiger partial charge in [-0.2, -0.15) is 11.8 Å². The van der Waals surface area contributed by atoms with Crippen LogP contribution < -0.4 is 4.74 Å². The van der Waals surface area contributed by atoms with Gasteiger partial charge in [-0.25, -0.2) is 4.98 Å².